The fraction of sp³-hybridized carbons (Fsp3) is 0.600. The van der Waals surface area contributed by atoms with Gasteiger partial charge >= 0.3 is 5.97 Å². The van der Waals surface area contributed by atoms with E-state index in [-0.39, 0.29) is 24.5 Å². The molecule has 116 valence electrons. The van der Waals surface area contributed by atoms with Gasteiger partial charge in [-0.15, -0.1) is 11.3 Å². The summed E-state index contributed by atoms with van der Waals surface area (Å²) in [6.45, 7) is 4.81. The zero-order valence-corrected chi connectivity index (χ0v) is 13.3. The molecule has 1 heterocycles. The number of nitrogens with zero attached hydrogens (tertiary/aromatic N) is 1. The Balaban J connectivity index is 1.82. The van der Waals surface area contributed by atoms with Crippen molar-refractivity contribution >= 4 is 23.2 Å². The predicted octanol–water partition coefficient (Wildman–Crippen LogP) is 1.98. The molecule has 1 aliphatic carbocycles. The van der Waals surface area contributed by atoms with Crippen molar-refractivity contribution in [2.75, 3.05) is 13.1 Å². The standard InChI is InChI=1S/C15H22N2O3S/c1-3-10-5-6-21-14(10)15(20)16-11-7-12(8-11)17(4-2)9-13(18)19/h5-6,11-12H,3-4,7-9H2,1-2H3,(H,16,20)(H,18,19). The van der Waals surface area contributed by atoms with Crippen molar-refractivity contribution in [3.63, 3.8) is 0 Å². The number of aliphatic carboxylic acids is 1. The second-order valence-corrected chi connectivity index (χ2v) is 6.30. The first-order valence-corrected chi connectivity index (χ1v) is 8.26. The van der Waals surface area contributed by atoms with Crippen molar-refractivity contribution in [2.45, 2.75) is 45.2 Å². The van der Waals surface area contributed by atoms with E-state index in [1.807, 2.05) is 30.2 Å². The van der Waals surface area contributed by atoms with Crippen LogP contribution >= 0.6 is 11.3 Å². The van der Waals surface area contributed by atoms with E-state index in [9.17, 15) is 9.59 Å². The summed E-state index contributed by atoms with van der Waals surface area (Å²) < 4.78 is 0. The number of carboxylic acids is 1. The molecule has 0 atom stereocenters. The highest BCUT2D eigenvalue weighted by molar-refractivity contribution is 7.12. The number of carbonyl (C=O) groups excluding carboxylic acids is 1. The van der Waals surface area contributed by atoms with E-state index in [0.717, 1.165) is 36.2 Å². The van der Waals surface area contributed by atoms with E-state index < -0.39 is 5.97 Å². The minimum absolute atomic E-state index is 0.00610. The highest BCUT2D eigenvalue weighted by Gasteiger charge is 2.35. The molecule has 2 rings (SSSR count). The van der Waals surface area contributed by atoms with Crippen LogP contribution in [0.5, 0.6) is 0 Å². The van der Waals surface area contributed by atoms with Gasteiger partial charge in [-0.3, -0.25) is 14.5 Å². The van der Waals surface area contributed by atoms with E-state index >= 15 is 0 Å². The Morgan fingerprint density at radius 2 is 2.14 bits per heavy atom. The molecule has 0 aliphatic heterocycles. The van der Waals surface area contributed by atoms with Crippen molar-refractivity contribution in [3.8, 4) is 0 Å². The first-order valence-electron chi connectivity index (χ1n) is 7.38. The highest BCUT2D eigenvalue weighted by atomic mass is 32.1. The third-order valence-corrected chi connectivity index (χ3v) is 5.00. The van der Waals surface area contributed by atoms with Crippen molar-refractivity contribution in [1.29, 1.82) is 0 Å². The molecule has 1 aromatic rings. The monoisotopic (exact) mass is 310 g/mol. The first-order chi connectivity index (χ1) is 10.0. The van der Waals surface area contributed by atoms with Crippen LogP contribution < -0.4 is 5.32 Å². The average Bonchev–Trinajstić information content (AvgIpc) is 2.88. The first kappa shape index (κ1) is 16.0. The van der Waals surface area contributed by atoms with Crippen LogP contribution in [-0.4, -0.2) is 47.1 Å². The molecule has 5 nitrogen and oxygen atoms in total. The molecule has 0 radical (unpaired) electrons. The number of hydrogen-bond acceptors (Lipinski definition) is 4. The maximum absolute atomic E-state index is 12.2. The van der Waals surface area contributed by atoms with Gasteiger partial charge in [0.1, 0.15) is 0 Å². The van der Waals surface area contributed by atoms with Gasteiger partial charge in [-0.1, -0.05) is 13.8 Å². The van der Waals surface area contributed by atoms with Gasteiger partial charge < -0.3 is 10.4 Å². The molecule has 0 aromatic carbocycles. The van der Waals surface area contributed by atoms with Crippen LogP contribution in [0.15, 0.2) is 11.4 Å². The molecule has 1 aromatic heterocycles. The topological polar surface area (TPSA) is 69.6 Å². The van der Waals surface area contributed by atoms with Crippen LogP contribution in [-0.2, 0) is 11.2 Å². The SMILES string of the molecule is CCc1ccsc1C(=O)NC1CC(N(CC)CC(=O)O)C1. The fourth-order valence-electron chi connectivity index (χ4n) is 2.74. The molecule has 0 spiro atoms. The number of thiophene rings is 1. The lowest BCUT2D eigenvalue weighted by atomic mass is 9.85. The van der Waals surface area contributed by atoms with Gasteiger partial charge in [0.05, 0.1) is 11.4 Å². The summed E-state index contributed by atoms with van der Waals surface area (Å²) in [6, 6.07) is 2.43. The lowest BCUT2D eigenvalue weighted by Crippen LogP contribution is -2.54. The normalized spacial score (nSPS) is 21.1. The molecule has 0 saturated heterocycles. The molecular weight excluding hydrogens is 288 g/mol. The number of nitrogens with one attached hydrogen (secondary N) is 1. The molecule has 0 unspecified atom stereocenters. The lowest BCUT2D eigenvalue weighted by Gasteiger charge is -2.42. The minimum atomic E-state index is -0.796. The molecule has 2 N–H and O–H groups in total. The maximum atomic E-state index is 12.2. The summed E-state index contributed by atoms with van der Waals surface area (Å²) in [5, 5.41) is 13.9. The summed E-state index contributed by atoms with van der Waals surface area (Å²) >= 11 is 1.48. The van der Waals surface area contributed by atoms with Crippen molar-refractivity contribution < 1.29 is 14.7 Å². The van der Waals surface area contributed by atoms with E-state index in [1.165, 1.54) is 11.3 Å². The smallest absolute Gasteiger partial charge is 0.317 e. The van der Waals surface area contributed by atoms with Gasteiger partial charge in [0, 0.05) is 12.1 Å². The van der Waals surface area contributed by atoms with Gasteiger partial charge in [0.25, 0.3) is 5.91 Å². The Morgan fingerprint density at radius 1 is 1.43 bits per heavy atom. The molecule has 1 fully saturated rings. The molecule has 1 aliphatic rings. The number of rotatable bonds is 7. The van der Waals surface area contributed by atoms with Crippen molar-refractivity contribution in [3.05, 3.63) is 21.9 Å². The zero-order chi connectivity index (χ0) is 15.4. The third kappa shape index (κ3) is 3.83. The quantitative estimate of drug-likeness (QED) is 0.808. The van der Waals surface area contributed by atoms with E-state index in [0.29, 0.717) is 0 Å². The summed E-state index contributed by atoms with van der Waals surface area (Å²) in [7, 11) is 0. The Morgan fingerprint density at radius 3 is 2.71 bits per heavy atom. The largest absolute Gasteiger partial charge is 0.480 e. The molecule has 1 amide bonds. The second kappa shape index (κ2) is 7.04. The number of carbonyl (C=O) groups is 2. The molecular formula is C15H22N2O3S. The predicted molar refractivity (Wildman–Crippen MR) is 82.9 cm³/mol. The van der Waals surface area contributed by atoms with Crippen LogP contribution in [0.2, 0.25) is 0 Å². The van der Waals surface area contributed by atoms with Gasteiger partial charge in [-0.25, -0.2) is 0 Å². The van der Waals surface area contributed by atoms with Crippen molar-refractivity contribution in [1.82, 2.24) is 10.2 Å². The van der Waals surface area contributed by atoms with E-state index in [2.05, 4.69) is 5.32 Å². The Bertz CT molecular complexity index is 509. The third-order valence-electron chi connectivity index (χ3n) is 4.04. The number of carboxylic acid groups (broad SMARTS) is 1. The maximum Gasteiger partial charge on any atom is 0.317 e. The highest BCUT2D eigenvalue weighted by Crippen LogP contribution is 2.26. The number of aryl methyl sites for hydroxylation is 1. The second-order valence-electron chi connectivity index (χ2n) is 5.38. The number of amides is 1. The van der Waals surface area contributed by atoms with Crippen LogP contribution in [0.25, 0.3) is 0 Å². The van der Waals surface area contributed by atoms with E-state index in [1.54, 1.807) is 0 Å². The van der Waals surface area contributed by atoms with Crippen LogP contribution in [0, 0.1) is 0 Å². The molecule has 21 heavy (non-hydrogen) atoms. The zero-order valence-electron chi connectivity index (χ0n) is 12.5. The number of likely N-dealkylation sites (N-methyl/N-ethyl adjacent to an activating group) is 1. The minimum Gasteiger partial charge on any atom is -0.480 e. The van der Waals surface area contributed by atoms with Crippen LogP contribution in [0.4, 0.5) is 0 Å². The van der Waals surface area contributed by atoms with Crippen molar-refractivity contribution in [2.24, 2.45) is 0 Å². The molecule has 0 bridgehead atoms. The molecule has 1 saturated carbocycles. The summed E-state index contributed by atoms with van der Waals surface area (Å²) in [6.07, 6.45) is 2.53. The molecule has 6 heteroatoms. The Kier molecular flexibility index (Phi) is 5.36. The van der Waals surface area contributed by atoms with Gasteiger partial charge in [-0.05, 0) is 42.8 Å². The average molecular weight is 310 g/mol. The fourth-order valence-corrected chi connectivity index (χ4v) is 3.64. The van der Waals surface area contributed by atoms with Gasteiger partial charge in [-0.2, -0.15) is 0 Å². The Hall–Kier alpha value is -1.40. The van der Waals surface area contributed by atoms with Crippen LogP contribution in [0.1, 0.15) is 41.9 Å². The summed E-state index contributed by atoms with van der Waals surface area (Å²) in [4.78, 5) is 25.7. The Labute approximate surface area is 129 Å². The summed E-state index contributed by atoms with van der Waals surface area (Å²) in [5.41, 5.74) is 1.09. The van der Waals surface area contributed by atoms with E-state index in [4.69, 9.17) is 5.11 Å². The number of hydrogen-bond donors (Lipinski definition) is 2. The van der Waals surface area contributed by atoms with Gasteiger partial charge in [0.15, 0.2) is 0 Å². The van der Waals surface area contributed by atoms with Crippen LogP contribution in [0.3, 0.4) is 0 Å². The summed E-state index contributed by atoms with van der Waals surface area (Å²) in [5.74, 6) is -0.790. The van der Waals surface area contributed by atoms with Gasteiger partial charge in [0.2, 0.25) is 0 Å². The lowest BCUT2D eigenvalue weighted by molar-refractivity contribution is -0.139.